The number of benzene rings is 1. The summed E-state index contributed by atoms with van der Waals surface area (Å²) in [5, 5.41) is 2.64. The number of nitrogens with two attached hydrogens (primary N) is 1. The number of imide groups is 1. The van der Waals surface area contributed by atoms with Crippen LogP contribution in [0.4, 0.5) is 16.3 Å². The smallest absolute Gasteiger partial charge is 0.330 e. The van der Waals surface area contributed by atoms with E-state index < -0.39 is 41.2 Å². The molecule has 11 nitrogen and oxygen atoms in total. The molecule has 0 radical (unpaired) electrons. The zero-order valence-electron chi connectivity index (χ0n) is 18.9. The number of likely N-dealkylation sites (N-methyl/N-ethyl adjacent to an activating group) is 1. The Kier molecular flexibility index (Phi) is 6.70. The van der Waals surface area contributed by atoms with E-state index in [2.05, 4.69) is 10.3 Å². The fourth-order valence-electron chi connectivity index (χ4n) is 3.86. The van der Waals surface area contributed by atoms with Crippen LogP contribution in [0.5, 0.6) is 0 Å². The molecule has 1 aliphatic rings. The molecule has 3 rings (SSSR count). The minimum Gasteiger partial charge on any atom is -0.383 e. The molecule has 4 amide bonds. The second-order valence-corrected chi connectivity index (χ2v) is 7.95. The number of unbranched alkanes of at least 4 members (excludes halogenated alkanes) is 1. The van der Waals surface area contributed by atoms with E-state index in [1.54, 1.807) is 44.2 Å². The zero-order valence-corrected chi connectivity index (χ0v) is 18.9. The third-order valence-electron chi connectivity index (χ3n) is 5.76. The molecule has 2 aromatic rings. The van der Waals surface area contributed by atoms with E-state index in [1.165, 1.54) is 4.57 Å². The van der Waals surface area contributed by atoms with Gasteiger partial charge in [0.2, 0.25) is 5.91 Å². The normalized spacial score (nSPS) is 17.8. The minimum atomic E-state index is -1.32. The summed E-state index contributed by atoms with van der Waals surface area (Å²) in [5.41, 5.74) is 3.71. The molecule has 0 bridgehead atoms. The van der Waals surface area contributed by atoms with Gasteiger partial charge in [-0.25, -0.2) is 9.59 Å². The van der Waals surface area contributed by atoms with Gasteiger partial charge in [-0.05, 0) is 25.8 Å². The number of carbonyl (C=O) groups excluding carboxylic acids is 3. The van der Waals surface area contributed by atoms with Crippen molar-refractivity contribution in [2.45, 2.75) is 45.7 Å². The molecular formula is C22H28N6O5. The SMILES string of the molecule is CCCCn1c(N)c(N(CC)C(=O)CN2C(=O)N[C@@](C)(c3ccccc3)C2=O)c(=O)[nH]c1=O. The van der Waals surface area contributed by atoms with Crippen molar-refractivity contribution in [3.05, 3.63) is 56.7 Å². The average molecular weight is 457 g/mol. The fraction of sp³-hybridized carbons (Fsp3) is 0.409. The molecule has 1 aromatic heterocycles. The molecule has 4 N–H and O–H groups in total. The van der Waals surface area contributed by atoms with Crippen molar-refractivity contribution in [1.82, 2.24) is 19.8 Å². The van der Waals surface area contributed by atoms with Gasteiger partial charge < -0.3 is 16.0 Å². The van der Waals surface area contributed by atoms with Gasteiger partial charge in [0, 0.05) is 13.1 Å². The molecule has 176 valence electrons. The zero-order chi connectivity index (χ0) is 24.3. The summed E-state index contributed by atoms with van der Waals surface area (Å²) in [6, 6.07) is 7.98. The summed E-state index contributed by atoms with van der Waals surface area (Å²) in [5.74, 6) is -1.41. The van der Waals surface area contributed by atoms with E-state index in [-0.39, 0.29) is 24.6 Å². The Balaban J connectivity index is 1.91. The first-order valence-electron chi connectivity index (χ1n) is 10.8. The molecule has 0 unspecified atom stereocenters. The number of carbonyl (C=O) groups is 3. The molecule has 1 fully saturated rings. The average Bonchev–Trinajstić information content (AvgIpc) is 3.00. The lowest BCUT2D eigenvalue weighted by Crippen LogP contribution is -2.47. The van der Waals surface area contributed by atoms with Gasteiger partial charge in [0.05, 0.1) is 0 Å². The molecule has 0 saturated carbocycles. The lowest BCUT2D eigenvalue weighted by Gasteiger charge is -2.25. The van der Waals surface area contributed by atoms with Gasteiger partial charge in [-0.15, -0.1) is 0 Å². The van der Waals surface area contributed by atoms with Crippen molar-refractivity contribution >= 4 is 29.4 Å². The van der Waals surface area contributed by atoms with E-state index in [4.69, 9.17) is 5.73 Å². The van der Waals surface area contributed by atoms with Crippen LogP contribution < -0.4 is 27.2 Å². The molecule has 33 heavy (non-hydrogen) atoms. The Morgan fingerprint density at radius 3 is 2.39 bits per heavy atom. The van der Waals surface area contributed by atoms with Crippen molar-refractivity contribution < 1.29 is 14.4 Å². The first-order valence-corrected chi connectivity index (χ1v) is 10.8. The molecule has 0 spiro atoms. The predicted molar refractivity (Wildman–Crippen MR) is 123 cm³/mol. The third-order valence-corrected chi connectivity index (χ3v) is 5.76. The van der Waals surface area contributed by atoms with Crippen LogP contribution in [0.15, 0.2) is 39.9 Å². The van der Waals surface area contributed by atoms with Crippen molar-refractivity contribution in [1.29, 1.82) is 0 Å². The Morgan fingerprint density at radius 2 is 1.79 bits per heavy atom. The van der Waals surface area contributed by atoms with Crippen LogP contribution >= 0.6 is 0 Å². The molecule has 1 aliphatic heterocycles. The van der Waals surface area contributed by atoms with Gasteiger partial charge in [0.15, 0.2) is 5.69 Å². The predicted octanol–water partition coefficient (Wildman–Crippen LogP) is 0.739. The molecule has 11 heteroatoms. The van der Waals surface area contributed by atoms with Gasteiger partial charge in [0.1, 0.15) is 17.9 Å². The van der Waals surface area contributed by atoms with Crippen molar-refractivity contribution in [2.24, 2.45) is 0 Å². The Labute approximate surface area is 190 Å². The maximum atomic E-state index is 13.1. The number of H-pyrrole nitrogens is 1. The number of nitrogen functional groups attached to an aromatic ring is 1. The highest BCUT2D eigenvalue weighted by molar-refractivity contribution is 6.10. The standard InChI is InChI=1S/C22H28N6O5/c1-4-6-12-27-17(23)16(18(30)24-20(27)32)26(5-2)15(29)13-28-19(31)22(3,25-21(28)33)14-10-8-7-9-11-14/h7-11H,4-6,12-13,23H2,1-3H3,(H,25,33)(H,24,30,32)/t22-/m0/s1. The van der Waals surface area contributed by atoms with E-state index >= 15 is 0 Å². The lowest BCUT2D eigenvalue weighted by atomic mass is 9.92. The summed E-state index contributed by atoms with van der Waals surface area (Å²) in [6.07, 6.45) is 1.44. The summed E-state index contributed by atoms with van der Waals surface area (Å²) in [4.78, 5) is 67.7. The molecular weight excluding hydrogens is 428 g/mol. The summed E-state index contributed by atoms with van der Waals surface area (Å²) >= 11 is 0. The molecule has 1 atom stereocenters. The van der Waals surface area contributed by atoms with Gasteiger partial charge >= 0.3 is 11.7 Å². The first-order chi connectivity index (χ1) is 15.7. The highest BCUT2D eigenvalue weighted by Crippen LogP contribution is 2.29. The van der Waals surface area contributed by atoms with E-state index in [0.717, 1.165) is 16.2 Å². The van der Waals surface area contributed by atoms with Crippen molar-refractivity contribution in [2.75, 3.05) is 23.7 Å². The Bertz CT molecular complexity index is 1190. The van der Waals surface area contributed by atoms with Crippen LogP contribution in [0, 0.1) is 0 Å². The van der Waals surface area contributed by atoms with Crippen LogP contribution in [0.2, 0.25) is 0 Å². The Morgan fingerprint density at radius 1 is 1.12 bits per heavy atom. The van der Waals surface area contributed by atoms with E-state index in [0.29, 0.717) is 12.0 Å². The number of nitrogens with one attached hydrogen (secondary N) is 2. The number of hydrogen-bond donors (Lipinski definition) is 3. The second kappa shape index (κ2) is 9.31. The van der Waals surface area contributed by atoms with Crippen LogP contribution in [0.25, 0.3) is 0 Å². The molecule has 1 saturated heterocycles. The van der Waals surface area contributed by atoms with Gasteiger partial charge in [-0.1, -0.05) is 43.7 Å². The number of rotatable bonds is 8. The van der Waals surface area contributed by atoms with Gasteiger partial charge in [0.25, 0.3) is 11.5 Å². The van der Waals surface area contributed by atoms with E-state index in [1.807, 2.05) is 6.92 Å². The third kappa shape index (κ3) is 4.26. The van der Waals surface area contributed by atoms with Gasteiger partial charge in [-0.3, -0.25) is 28.8 Å². The highest BCUT2D eigenvalue weighted by Gasteiger charge is 2.49. The number of nitrogens with zero attached hydrogens (tertiary/aromatic N) is 3. The Hall–Kier alpha value is -3.89. The maximum absolute atomic E-state index is 13.1. The first kappa shape index (κ1) is 23.8. The van der Waals surface area contributed by atoms with Crippen LogP contribution in [0.1, 0.15) is 39.2 Å². The van der Waals surface area contributed by atoms with Crippen molar-refractivity contribution in [3.63, 3.8) is 0 Å². The van der Waals surface area contributed by atoms with Crippen LogP contribution in [-0.4, -0.2) is 45.4 Å². The number of amides is 4. The van der Waals surface area contributed by atoms with E-state index in [9.17, 15) is 24.0 Å². The fourth-order valence-corrected chi connectivity index (χ4v) is 3.86. The number of urea groups is 1. The lowest BCUT2D eigenvalue weighted by molar-refractivity contribution is -0.134. The number of anilines is 2. The quantitative estimate of drug-likeness (QED) is 0.499. The summed E-state index contributed by atoms with van der Waals surface area (Å²) < 4.78 is 1.20. The molecule has 1 aromatic carbocycles. The van der Waals surface area contributed by atoms with Gasteiger partial charge in [-0.2, -0.15) is 0 Å². The largest absolute Gasteiger partial charge is 0.383 e. The number of hydrogen-bond acceptors (Lipinski definition) is 6. The second-order valence-electron chi connectivity index (χ2n) is 7.95. The minimum absolute atomic E-state index is 0.0394. The number of aromatic amines is 1. The van der Waals surface area contributed by atoms with Crippen molar-refractivity contribution in [3.8, 4) is 0 Å². The maximum Gasteiger partial charge on any atom is 0.330 e. The molecule has 2 heterocycles. The molecule has 0 aliphatic carbocycles. The van der Waals surface area contributed by atoms with Crippen LogP contribution in [0.3, 0.4) is 0 Å². The summed E-state index contributed by atoms with van der Waals surface area (Å²) in [6.45, 7) is 4.86. The monoisotopic (exact) mass is 456 g/mol. The topological polar surface area (TPSA) is 151 Å². The van der Waals surface area contributed by atoms with Crippen LogP contribution in [-0.2, 0) is 21.7 Å². The number of aromatic nitrogens is 2. The summed E-state index contributed by atoms with van der Waals surface area (Å²) in [7, 11) is 0. The highest BCUT2D eigenvalue weighted by atomic mass is 16.2.